The van der Waals surface area contributed by atoms with Crippen LogP contribution < -0.4 is 0 Å². The van der Waals surface area contributed by atoms with Crippen LogP contribution in [0, 0.1) is 11.5 Å². The molecule has 1 aromatic rings. The largest absolute Gasteiger partial charge is 0.261 e. The zero-order chi connectivity index (χ0) is 10.9. The molecule has 1 aromatic heterocycles. The summed E-state index contributed by atoms with van der Waals surface area (Å²) < 4.78 is 0. The molecule has 1 aliphatic rings. The highest BCUT2D eigenvalue weighted by molar-refractivity contribution is 6.83. The van der Waals surface area contributed by atoms with Crippen molar-refractivity contribution >= 4 is 8.07 Å². The van der Waals surface area contributed by atoms with Crippen LogP contribution in [0.3, 0.4) is 0 Å². The SMILES string of the molecule is C[Si](C)(C)C#Cc1ccnc(C2CC2)c1. The van der Waals surface area contributed by atoms with Crippen LogP contribution >= 0.6 is 0 Å². The number of aromatic nitrogens is 1. The summed E-state index contributed by atoms with van der Waals surface area (Å²) in [5, 5.41) is 0. The lowest BCUT2D eigenvalue weighted by atomic mass is 10.2. The summed E-state index contributed by atoms with van der Waals surface area (Å²) >= 11 is 0. The third-order valence-corrected chi connectivity index (χ3v) is 3.23. The van der Waals surface area contributed by atoms with Crippen molar-refractivity contribution in [2.75, 3.05) is 0 Å². The molecule has 1 aliphatic carbocycles. The monoisotopic (exact) mass is 215 g/mol. The molecule has 0 amide bonds. The van der Waals surface area contributed by atoms with Gasteiger partial charge in [0.2, 0.25) is 0 Å². The molecule has 0 N–H and O–H groups in total. The third-order valence-electron chi connectivity index (χ3n) is 2.36. The highest BCUT2D eigenvalue weighted by Gasteiger charge is 2.24. The molecular weight excluding hydrogens is 198 g/mol. The van der Waals surface area contributed by atoms with Gasteiger partial charge in [-0.25, -0.2) is 0 Å². The summed E-state index contributed by atoms with van der Waals surface area (Å²) in [6.45, 7) is 6.80. The number of pyridine rings is 1. The minimum Gasteiger partial charge on any atom is -0.261 e. The number of nitrogens with zero attached hydrogens (tertiary/aromatic N) is 1. The number of rotatable bonds is 1. The molecule has 1 nitrogen and oxygen atoms in total. The Morgan fingerprint density at radius 2 is 2.07 bits per heavy atom. The Labute approximate surface area is 92.9 Å². The molecule has 1 fully saturated rings. The lowest BCUT2D eigenvalue weighted by Crippen LogP contribution is -2.16. The van der Waals surface area contributed by atoms with Gasteiger partial charge >= 0.3 is 0 Å². The molecule has 78 valence electrons. The van der Waals surface area contributed by atoms with Crippen molar-refractivity contribution in [3.05, 3.63) is 29.6 Å². The summed E-state index contributed by atoms with van der Waals surface area (Å²) in [5.74, 6) is 4.00. The summed E-state index contributed by atoms with van der Waals surface area (Å²) in [5.41, 5.74) is 5.75. The van der Waals surface area contributed by atoms with Gasteiger partial charge in [-0.05, 0) is 25.0 Å². The highest BCUT2D eigenvalue weighted by atomic mass is 28.3. The summed E-state index contributed by atoms with van der Waals surface area (Å²) in [7, 11) is -1.25. The van der Waals surface area contributed by atoms with Gasteiger partial charge in [0.05, 0.1) is 0 Å². The van der Waals surface area contributed by atoms with Crippen LogP contribution in [0.15, 0.2) is 18.3 Å². The van der Waals surface area contributed by atoms with Gasteiger partial charge in [-0.15, -0.1) is 5.54 Å². The standard InChI is InChI=1S/C13H17NSi/c1-15(2,3)9-7-11-6-8-14-13(10-11)12-4-5-12/h6,8,10,12H,4-5H2,1-3H3. The second-order valence-corrected chi connectivity index (χ2v) is 9.99. The van der Waals surface area contributed by atoms with Crippen LogP contribution in [-0.4, -0.2) is 13.1 Å². The van der Waals surface area contributed by atoms with E-state index in [0.717, 1.165) is 11.5 Å². The Morgan fingerprint density at radius 3 is 2.67 bits per heavy atom. The van der Waals surface area contributed by atoms with Crippen LogP contribution in [0.5, 0.6) is 0 Å². The predicted octanol–water partition coefficient (Wildman–Crippen LogP) is 3.19. The van der Waals surface area contributed by atoms with E-state index in [4.69, 9.17) is 0 Å². The second-order valence-electron chi connectivity index (χ2n) is 5.24. The van der Waals surface area contributed by atoms with Crippen molar-refractivity contribution in [2.45, 2.75) is 38.4 Å². The average molecular weight is 215 g/mol. The summed E-state index contributed by atoms with van der Waals surface area (Å²) in [6.07, 6.45) is 4.50. The molecule has 1 saturated carbocycles. The van der Waals surface area contributed by atoms with Gasteiger partial charge in [0, 0.05) is 23.4 Å². The lowest BCUT2D eigenvalue weighted by Gasteiger charge is -2.03. The van der Waals surface area contributed by atoms with Crippen molar-refractivity contribution < 1.29 is 0 Å². The Balaban J connectivity index is 2.20. The summed E-state index contributed by atoms with van der Waals surface area (Å²) in [4.78, 5) is 4.39. The first kappa shape index (κ1) is 10.4. The van der Waals surface area contributed by atoms with Crippen LogP contribution in [0.4, 0.5) is 0 Å². The normalized spacial score (nSPS) is 15.7. The van der Waals surface area contributed by atoms with E-state index in [1.54, 1.807) is 0 Å². The smallest absolute Gasteiger partial charge is 0.129 e. The van der Waals surface area contributed by atoms with Gasteiger partial charge in [-0.2, -0.15) is 0 Å². The van der Waals surface area contributed by atoms with Crippen LogP contribution in [0.1, 0.15) is 30.0 Å². The van der Waals surface area contributed by atoms with E-state index in [1.165, 1.54) is 18.5 Å². The molecule has 0 saturated heterocycles. The van der Waals surface area contributed by atoms with Gasteiger partial charge < -0.3 is 0 Å². The van der Waals surface area contributed by atoms with E-state index in [0.29, 0.717) is 0 Å². The average Bonchev–Trinajstić information content (AvgIpc) is 2.97. The van der Waals surface area contributed by atoms with Gasteiger partial charge in [-0.3, -0.25) is 4.98 Å². The van der Waals surface area contributed by atoms with E-state index in [1.807, 2.05) is 12.3 Å². The fraction of sp³-hybridized carbons (Fsp3) is 0.462. The van der Waals surface area contributed by atoms with E-state index in [2.05, 4.69) is 42.2 Å². The number of hydrogen-bond acceptors (Lipinski definition) is 1. The van der Waals surface area contributed by atoms with Crippen LogP contribution in [0.25, 0.3) is 0 Å². The van der Waals surface area contributed by atoms with Gasteiger partial charge in [-0.1, -0.05) is 25.6 Å². The Morgan fingerprint density at radius 1 is 1.33 bits per heavy atom. The first-order valence-electron chi connectivity index (χ1n) is 5.54. The Hall–Kier alpha value is -1.07. The molecule has 0 aromatic carbocycles. The topological polar surface area (TPSA) is 12.9 Å². The molecule has 0 bridgehead atoms. The van der Waals surface area contributed by atoms with Crippen molar-refractivity contribution in [3.63, 3.8) is 0 Å². The molecule has 2 heteroatoms. The highest BCUT2D eigenvalue weighted by Crippen LogP contribution is 2.38. The Kier molecular flexibility index (Phi) is 2.66. The maximum absolute atomic E-state index is 4.39. The van der Waals surface area contributed by atoms with Crippen molar-refractivity contribution in [1.29, 1.82) is 0 Å². The minimum absolute atomic E-state index is 0.721. The molecule has 0 spiro atoms. The second kappa shape index (κ2) is 3.82. The number of hydrogen-bond donors (Lipinski definition) is 0. The van der Waals surface area contributed by atoms with Crippen molar-refractivity contribution in [2.24, 2.45) is 0 Å². The van der Waals surface area contributed by atoms with Crippen LogP contribution in [0.2, 0.25) is 19.6 Å². The van der Waals surface area contributed by atoms with E-state index in [-0.39, 0.29) is 0 Å². The fourth-order valence-electron chi connectivity index (χ4n) is 1.39. The zero-order valence-corrected chi connectivity index (χ0v) is 10.7. The molecular formula is C13H17NSi. The predicted molar refractivity (Wildman–Crippen MR) is 66.4 cm³/mol. The molecule has 2 rings (SSSR count). The maximum atomic E-state index is 4.39. The molecule has 0 atom stereocenters. The van der Waals surface area contributed by atoms with E-state index in [9.17, 15) is 0 Å². The van der Waals surface area contributed by atoms with Gasteiger partial charge in [0.15, 0.2) is 0 Å². The minimum atomic E-state index is -1.25. The van der Waals surface area contributed by atoms with E-state index >= 15 is 0 Å². The summed E-state index contributed by atoms with van der Waals surface area (Å²) in [6, 6.07) is 4.17. The first-order valence-corrected chi connectivity index (χ1v) is 9.04. The van der Waals surface area contributed by atoms with E-state index < -0.39 is 8.07 Å². The molecule has 1 heterocycles. The van der Waals surface area contributed by atoms with Gasteiger partial charge in [0.1, 0.15) is 8.07 Å². The van der Waals surface area contributed by atoms with Crippen molar-refractivity contribution in [1.82, 2.24) is 4.98 Å². The molecule has 0 radical (unpaired) electrons. The molecule has 15 heavy (non-hydrogen) atoms. The van der Waals surface area contributed by atoms with Gasteiger partial charge in [0.25, 0.3) is 0 Å². The first-order chi connectivity index (χ1) is 7.04. The molecule has 0 unspecified atom stereocenters. The maximum Gasteiger partial charge on any atom is 0.129 e. The quantitative estimate of drug-likeness (QED) is 0.518. The molecule has 0 aliphatic heterocycles. The zero-order valence-electron chi connectivity index (χ0n) is 9.67. The van der Waals surface area contributed by atoms with Crippen molar-refractivity contribution in [3.8, 4) is 11.5 Å². The third kappa shape index (κ3) is 3.21. The lowest BCUT2D eigenvalue weighted by molar-refractivity contribution is 1.02. The Bertz CT molecular complexity index is 416. The van der Waals surface area contributed by atoms with Crippen LogP contribution in [-0.2, 0) is 0 Å². The fourth-order valence-corrected chi connectivity index (χ4v) is 1.91.